The molecule has 1 aromatic heterocycles. The van der Waals surface area contributed by atoms with E-state index in [1.54, 1.807) is 12.4 Å². The van der Waals surface area contributed by atoms with Crippen LogP contribution in [0.3, 0.4) is 0 Å². The molecule has 136 valence electrons. The summed E-state index contributed by atoms with van der Waals surface area (Å²) in [6.07, 6.45) is 7.60. The Morgan fingerprint density at radius 1 is 1.24 bits per heavy atom. The summed E-state index contributed by atoms with van der Waals surface area (Å²) in [7, 11) is 0. The Labute approximate surface area is 149 Å². The minimum absolute atomic E-state index is 0.144. The molecular weight excluding hydrogens is 316 g/mol. The van der Waals surface area contributed by atoms with E-state index >= 15 is 0 Å². The van der Waals surface area contributed by atoms with Crippen molar-refractivity contribution in [2.75, 3.05) is 38.0 Å². The van der Waals surface area contributed by atoms with Crippen molar-refractivity contribution in [1.29, 1.82) is 0 Å². The van der Waals surface area contributed by atoms with Gasteiger partial charge in [-0.1, -0.05) is 0 Å². The van der Waals surface area contributed by atoms with E-state index in [2.05, 4.69) is 15.2 Å². The number of aliphatic hydroxyl groups excluding tert-OH is 1. The molecule has 0 bridgehead atoms. The van der Waals surface area contributed by atoms with E-state index in [0.717, 1.165) is 44.7 Å². The van der Waals surface area contributed by atoms with Crippen LogP contribution in [0.4, 0.5) is 5.69 Å². The highest BCUT2D eigenvalue weighted by Gasteiger charge is 2.44. The molecule has 1 saturated carbocycles. The Bertz CT molecular complexity index is 590. The molecule has 0 unspecified atom stereocenters. The number of carbonyl (C=O) groups is 1. The smallest absolute Gasteiger partial charge is 0.241 e. The number of aliphatic hydroxyl groups is 1. The summed E-state index contributed by atoms with van der Waals surface area (Å²) in [5.41, 5.74) is 0.872. The fourth-order valence-corrected chi connectivity index (χ4v) is 4.83. The maximum absolute atomic E-state index is 12.6. The molecule has 2 saturated heterocycles. The van der Waals surface area contributed by atoms with Gasteiger partial charge in [0.1, 0.15) is 0 Å². The Kier molecular flexibility index (Phi) is 4.90. The molecule has 0 aromatic carbocycles. The number of rotatable bonds is 4. The summed E-state index contributed by atoms with van der Waals surface area (Å²) >= 11 is 0. The van der Waals surface area contributed by atoms with Crippen molar-refractivity contribution in [1.82, 2.24) is 14.8 Å². The molecule has 25 heavy (non-hydrogen) atoms. The fraction of sp³-hybridized carbons (Fsp3) is 0.684. The summed E-state index contributed by atoms with van der Waals surface area (Å²) in [4.78, 5) is 21.1. The molecule has 0 radical (unpaired) electrons. The Morgan fingerprint density at radius 2 is 2.00 bits per heavy atom. The standard InChI is InChI=1S/C19H28N4O2/c24-18-9-15-13-23(19(25)11-21-16-4-3-5-20-10-16)12-14(15)8-17(18)22-6-1-2-7-22/h3-5,10,14-15,17-18,21,24H,1-2,6-9,11-13H2/t14-,15+,17-,18-/m1/s1. The molecule has 1 amide bonds. The summed E-state index contributed by atoms with van der Waals surface area (Å²) < 4.78 is 0. The number of hydrogen-bond acceptors (Lipinski definition) is 5. The third-order valence-electron chi connectivity index (χ3n) is 6.18. The van der Waals surface area contributed by atoms with Crippen LogP contribution in [-0.2, 0) is 4.79 Å². The van der Waals surface area contributed by atoms with Gasteiger partial charge in [0.05, 0.1) is 18.3 Å². The second kappa shape index (κ2) is 7.30. The van der Waals surface area contributed by atoms with E-state index in [4.69, 9.17) is 0 Å². The van der Waals surface area contributed by atoms with Gasteiger partial charge in [0.15, 0.2) is 0 Å². The minimum Gasteiger partial charge on any atom is -0.391 e. The number of fused-ring (bicyclic) bond motifs is 1. The van der Waals surface area contributed by atoms with Crippen LogP contribution >= 0.6 is 0 Å². The van der Waals surface area contributed by atoms with Crippen molar-refractivity contribution in [3.63, 3.8) is 0 Å². The van der Waals surface area contributed by atoms with E-state index < -0.39 is 0 Å². The molecule has 1 aromatic rings. The zero-order valence-corrected chi connectivity index (χ0v) is 14.7. The van der Waals surface area contributed by atoms with Gasteiger partial charge >= 0.3 is 0 Å². The molecule has 4 atom stereocenters. The van der Waals surface area contributed by atoms with Gasteiger partial charge in [-0.2, -0.15) is 0 Å². The first kappa shape index (κ1) is 16.8. The highest BCUT2D eigenvalue weighted by Crippen LogP contribution is 2.39. The van der Waals surface area contributed by atoms with Gasteiger partial charge in [-0.25, -0.2) is 0 Å². The second-order valence-corrected chi connectivity index (χ2v) is 7.76. The first-order valence-electron chi connectivity index (χ1n) is 9.54. The van der Waals surface area contributed by atoms with Crippen LogP contribution in [0.5, 0.6) is 0 Å². The number of likely N-dealkylation sites (tertiary alicyclic amines) is 2. The first-order valence-corrected chi connectivity index (χ1v) is 9.54. The number of hydrogen-bond donors (Lipinski definition) is 2. The lowest BCUT2D eigenvalue weighted by molar-refractivity contribution is -0.128. The monoisotopic (exact) mass is 344 g/mol. The third kappa shape index (κ3) is 3.65. The molecule has 3 heterocycles. The number of nitrogens with zero attached hydrogens (tertiary/aromatic N) is 3. The molecule has 2 aliphatic heterocycles. The quantitative estimate of drug-likeness (QED) is 0.859. The maximum atomic E-state index is 12.6. The van der Waals surface area contributed by atoms with Crippen LogP contribution < -0.4 is 5.32 Å². The van der Waals surface area contributed by atoms with Crippen molar-refractivity contribution >= 4 is 11.6 Å². The summed E-state index contributed by atoms with van der Waals surface area (Å²) in [5, 5.41) is 13.7. The highest BCUT2D eigenvalue weighted by atomic mass is 16.3. The van der Waals surface area contributed by atoms with Gasteiger partial charge in [-0.15, -0.1) is 0 Å². The van der Waals surface area contributed by atoms with Crippen LogP contribution in [0.1, 0.15) is 25.7 Å². The minimum atomic E-state index is -0.233. The molecular formula is C19H28N4O2. The Hall–Kier alpha value is -1.66. The van der Waals surface area contributed by atoms with Crippen molar-refractivity contribution in [3.05, 3.63) is 24.5 Å². The van der Waals surface area contributed by atoms with E-state index in [0.29, 0.717) is 24.4 Å². The highest BCUT2D eigenvalue weighted by molar-refractivity contribution is 5.81. The average molecular weight is 344 g/mol. The SMILES string of the molecule is O=C(CNc1cccnc1)N1C[C@H]2C[C@@H](N3CCCC3)[C@H](O)C[C@H]2C1. The number of nitrogens with one attached hydrogen (secondary N) is 1. The van der Waals surface area contributed by atoms with Crippen molar-refractivity contribution < 1.29 is 9.90 Å². The van der Waals surface area contributed by atoms with Gasteiger partial charge in [0.2, 0.25) is 5.91 Å². The zero-order chi connectivity index (χ0) is 17.2. The van der Waals surface area contributed by atoms with Gasteiger partial charge in [0, 0.05) is 31.5 Å². The second-order valence-electron chi connectivity index (χ2n) is 7.76. The normalized spacial score (nSPS) is 32.6. The molecule has 0 spiro atoms. The molecule has 6 nitrogen and oxygen atoms in total. The van der Waals surface area contributed by atoms with E-state index in [-0.39, 0.29) is 12.0 Å². The van der Waals surface area contributed by atoms with Crippen LogP contribution in [-0.4, -0.2) is 70.7 Å². The van der Waals surface area contributed by atoms with Gasteiger partial charge in [-0.3, -0.25) is 14.7 Å². The molecule has 2 N–H and O–H groups in total. The summed E-state index contributed by atoms with van der Waals surface area (Å²) in [5.74, 6) is 1.14. The Morgan fingerprint density at radius 3 is 2.72 bits per heavy atom. The van der Waals surface area contributed by atoms with E-state index in [1.165, 1.54) is 12.8 Å². The molecule has 1 aliphatic carbocycles. The molecule has 3 fully saturated rings. The van der Waals surface area contributed by atoms with Crippen LogP contribution in [0.15, 0.2) is 24.5 Å². The fourth-order valence-electron chi connectivity index (χ4n) is 4.83. The Balaban J connectivity index is 1.32. The molecule has 3 aliphatic rings. The first-order chi connectivity index (χ1) is 12.2. The van der Waals surface area contributed by atoms with Crippen molar-refractivity contribution in [2.45, 2.75) is 37.8 Å². The van der Waals surface area contributed by atoms with Crippen LogP contribution in [0.25, 0.3) is 0 Å². The van der Waals surface area contributed by atoms with Crippen LogP contribution in [0.2, 0.25) is 0 Å². The van der Waals surface area contributed by atoms with Gasteiger partial charge in [-0.05, 0) is 62.7 Å². The number of aromatic nitrogens is 1. The molecule has 6 heteroatoms. The summed E-state index contributed by atoms with van der Waals surface area (Å²) in [6.45, 7) is 4.19. The predicted octanol–water partition coefficient (Wildman–Crippen LogP) is 1.19. The lowest BCUT2D eigenvalue weighted by Gasteiger charge is -2.40. The van der Waals surface area contributed by atoms with Crippen LogP contribution in [0, 0.1) is 11.8 Å². The lowest BCUT2D eigenvalue weighted by Crippen LogP contribution is -2.48. The molecule has 4 rings (SSSR count). The average Bonchev–Trinajstić information content (AvgIpc) is 3.29. The topological polar surface area (TPSA) is 68.7 Å². The summed E-state index contributed by atoms with van der Waals surface area (Å²) in [6, 6.07) is 4.07. The zero-order valence-electron chi connectivity index (χ0n) is 14.7. The van der Waals surface area contributed by atoms with E-state index in [9.17, 15) is 9.90 Å². The third-order valence-corrected chi connectivity index (χ3v) is 6.18. The number of amides is 1. The largest absolute Gasteiger partial charge is 0.391 e. The van der Waals surface area contributed by atoms with Crippen molar-refractivity contribution in [2.24, 2.45) is 11.8 Å². The number of carbonyl (C=O) groups excluding carboxylic acids is 1. The maximum Gasteiger partial charge on any atom is 0.241 e. The number of pyridine rings is 1. The number of anilines is 1. The lowest BCUT2D eigenvalue weighted by atomic mass is 9.77. The van der Waals surface area contributed by atoms with E-state index in [1.807, 2.05) is 17.0 Å². The van der Waals surface area contributed by atoms with Gasteiger partial charge in [0.25, 0.3) is 0 Å². The predicted molar refractivity (Wildman–Crippen MR) is 96.1 cm³/mol. The van der Waals surface area contributed by atoms with Crippen molar-refractivity contribution in [3.8, 4) is 0 Å². The van der Waals surface area contributed by atoms with Gasteiger partial charge < -0.3 is 15.3 Å².